The molecule has 0 aromatic carbocycles. The monoisotopic (exact) mass is 514 g/mol. The quantitative estimate of drug-likeness (QED) is 0.0801. The van der Waals surface area contributed by atoms with E-state index in [9.17, 15) is 24.7 Å². The van der Waals surface area contributed by atoms with Crippen molar-refractivity contribution in [3.63, 3.8) is 0 Å². The fourth-order valence-electron chi connectivity index (χ4n) is 2.94. The van der Waals surface area contributed by atoms with Crippen LogP contribution in [0.3, 0.4) is 0 Å². The third kappa shape index (κ3) is 4.27. The Morgan fingerprint density at radius 1 is 1.44 bits per heavy atom. The zero-order valence-corrected chi connectivity index (χ0v) is 19.1. The Morgan fingerprint density at radius 3 is 2.88 bits per heavy atom. The van der Waals surface area contributed by atoms with Crippen molar-refractivity contribution in [3.8, 4) is 0 Å². The smallest absolute Gasteiger partial charge is 0.353 e. The number of carboxylic acid groups (broad SMARTS) is 1. The summed E-state index contributed by atoms with van der Waals surface area (Å²) in [7, 11) is 0. The van der Waals surface area contributed by atoms with Gasteiger partial charge in [-0.1, -0.05) is 16.9 Å². The van der Waals surface area contributed by atoms with Crippen LogP contribution in [0, 0.1) is 0 Å². The molecule has 0 spiro atoms. The highest BCUT2D eigenvalue weighted by atomic mass is 32.2. The predicted octanol–water partition coefficient (Wildman–Crippen LogP) is 0.201. The average molecular weight is 515 g/mol. The molecule has 1 saturated heterocycles. The summed E-state index contributed by atoms with van der Waals surface area (Å²) < 4.78 is 0. The highest BCUT2D eigenvalue weighted by Gasteiger charge is 2.54. The third-order valence-electron chi connectivity index (χ3n) is 4.34. The first kappa shape index (κ1) is 22.4. The van der Waals surface area contributed by atoms with Gasteiger partial charge in [-0.3, -0.25) is 14.5 Å². The van der Waals surface area contributed by atoms with E-state index in [4.69, 9.17) is 5.73 Å². The predicted molar refractivity (Wildman–Crippen MR) is 119 cm³/mol. The number of thiazole rings is 1. The summed E-state index contributed by atoms with van der Waals surface area (Å²) in [5.41, 5.74) is 5.12. The van der Waals surface area contributed by atoms with Gasteiger partial charge in [-0.25, -0.2) is 9.78 Å². The normalized spacial score (nSPS) is 20.7. The Balaban J connectivity index is 1.44. The van der Waals surface area contributed by atoms with Crippen LogP contribution in [0.2, 0.25) is 0 Å². The number of hydrogen-bond acceptors (Lipinski definition) is 13. The summed E-state index contributed by atoms with van der Waals surface area (Å²) in [6.07, 6.45) is 1.56. The number of anilines is 1. The third-order valence-corrected chi connectivity index (χ3v) is 8.59. The molecule has 2 aromatic rings. The number of H-pyrrole nitrogens is 1. The molecule has 0 aliphatic carbocycles. The number of amides is 2. The van der Waals surface area contributed by atoms with Crippen molar-refractivity contribution < 1.29 is 24.7 Å². The number of rotatable bonds is 8. The number of oxime groups is 1. The summed E-state index contributed by atoms with van der Waals surface area (Å²) in [5, 5.41) is 36.7. The molecule has 0 radical (unpaired) electrons. The first-order valence-electron chi connectivity index (χ1n) is 8.67. The molecule has 2 amide bonds. The van der Waals surface area contributed by atoms with Gasteiger partial charge in [-0.2, -0.15) is 10.3 Å². The Hall–Kier alpha value is -2.76. The lowest BCUT2D eigenvalue weighted by atomic mass is 10.0. The van der Waals surface area contributed by atoms with Crippen LogP contribution < -0.4 is 11.1 Å². The molecule has 168 valence electrons. The maximum atomic E-state index is 12.7. The van der Waals surface area contributed by atoms with Gasteiger partial charge < -0.3 is 21.4 Å². The second-order valence-corrected chi connectivity index (χ2v) is 10.6. The Morgan fingerprint density at radius 2 is 2.25 bits per heavy atom. The number of carboxylic acids is 1. The molecular formula is C15H14N8O5S4. The van der Waals surface area contributed by atoms with E-state index in [0.29, 0.717) is 20.8 Å². The molecule has 1 fully saturated rings. The second-order valence-electron chi connectivity index (χ2n) is 6.17. The highest BCUT2D eigenvalue weighted by molar-refractivity contribution is 8.18. The summed E-state index contributed by atoms with van der Waals surface area (Å²) >= 11 is 5.08. The number of aromatic amines is 1. The van der Waals surface area contributed by atoms with Crippen LogP contribution in [-0.2, 0) is 14.4 Å². The second kappa shape index (κ2) is 9.39. The van der Waals surface area contributed by atoms with Gasteiger partial charge in [0, 0.05) is 16.0 Å². The summed E-state index contributed by atoms with van der Waals surface area (Å²) in [5.74, 6) is -2.25. The minimum absolute atomic E-state index is 0.0712. The number of aromatic nitrogens is 4. The number of carbonyl (C=O) groups excluding carboxylic acids is 2. The molecule has 32 heavy (non-hydrogen) atoms. The summed E-state index contributed by atoms with van der Waals surface area (Å²) in [6.45, 7) is 0. The Bertz CT molecular complexity index is 1120. The number of aliphatic carboxylic acids is 1. The van der Waals surface area contributed by atoms with Gasteiger partial charge in [0.15, 0.2) is 10.8 Å². The molecule has 0 unspecified atom stereocenters. The lowest BCUT2D eigenvalue weighted by Crippen LogP contribution is -2.71. The minimum atomic E-state index is -1.22. The SMILES string of the molecule is Nc1nc(/C(=N/O)C(=O)N[C@@H]2C(=O)N3C(C(=O)O)=C(SCSc4cn[nH]n4)CS[C@H]23)cs1. The van der Waals surface area contributed by atoms with Gasteiger partial charge in [0.1, 0.15) is 27.8 Å². The van der Waals surface area contributed by atoms with Crippen molar-refractivity contribution in [2.24, 2.45) is 5.16 Å². The average Bonchev–Trinajstić information content (AvgIpc) is 3.44. The summed E-state index contributed by atoms with van der Waals surface area (Å²) in [4.78, 5) is 42.8. The van der Waals surface area contributed by atoms with E-state index >= 15 is 0 Å². The van der Waals surface area contributed by atoms with Crippen LogP contribution in [0.15, 0.2) is 32.4 Å². The van der Waals surface area contributed by atoms with Gasteiger partial charge >= 0.3 is 5.97 Å². The highest BCUT2D eigenvalue weighted by Crippen LogP contribution is 2.44. The van der Waals surface area contributed by atoms with E-state index in [1.807, 2.05) is 0 Å². The molecule has 2 aliphatic rings. The van der Waals surface area contributed by atoms with E-state index in [2.05, 4.69) is 30.9 Å². The molecular weight excluding hydrogens is 500 g/mol. The Labute approximate surface area is 196 Å². The fourth-order valence-corrected chi connectivity index (χ4v) is 7.06. The van der Waals surface area contributed by atoms with Gasteiger partial charge in [0.25, 0.3) is 11.8 Å². The van der Waals surface area contributed by atoms with Crippen molar-refractivity contribution in [2.45, 2.75) is 16.4 Å². The molecule has 0 bridgehead atoms. The van der Waals surface area contributed by atoms with Crippen LogP contribution in [-0.4, -0.2) is 81.4 Å². The molecule has 6 N–H and O–H groups in total. The van der Waals surface area contributed by atoms with Gasteiger partial charge in [0.2, 0.25) is 0 Å². The molecule has 2 atom stereocenters. The number of nitrogens with zero attached hydrogens (tertiary/aromatic N) is 5. The maximum Gasteiger partial charge on any atom is 0.353 e. The topological polar surface area (TPSA) is 200 Å². The van der Waals surface area contributed by atoms with E-state index in [1.54, 1.807) is 6.20 Å². The van der Waals surface area contributed by atoms with Crippen molar-refractivity contribution >= 4 is 75.2 Å². The minimum Gasteiger partial charge on any atom is -0.477 e. The number of thioether (sulfide) groups is 3. The molecule has 13 nitrogen and oxygen atoms in total. The molecule has 2 aliphatic heterocycles. The lowest BCUT2D eigenvalue weighted by molar-refractivity contribution is -0.150. The number of β-lactam (4-membered cyclic amide) rings is 1. The van der Waals surface area contributed by atoms with Crippen LogP contribution in [0.1, 0.15) is 5.69 Å². The fraction of sp³-hybridized carbons (Fsp3) is 0.267. The molecule has 4 rings (SSSR count). The molecule has 0 saturated carbocycles. The number of carbonyl (C=O) groups is 3. The van der Waals surface area contributed by atoms with Crippen LogP contribution in [0.25, 0.3) is 0 Å². The van der Waals surface area contributed by atoms with E-state index in [-0.39, 0.29) is 22.2 Å². The number of fused-ring (bicyclic) bond motifs is 1. The number of nitrogens with one attached hydrogen (secondary N) is 2. The maximum absolute atomic E-state index is 12.7. The molecule has 4 heterocycles. The van der Waals surface area contributed by atoms with Gasteiger partial charge in [-0.15, -0.1) is 40.0 Å². The zero-order chi connectivity index (χ0) is 22.8. The molecule has 2 aromatic heterocycles. The first-order valence-corrected chi connectivity index (χ1v) is 12.6. The Kier molecular flexibility index (Phi) is 6.58. The number of hydrogen-bond donors (Lipinski definition) is 5. The number of nitrogens with two attached hydrogens (primary N) is 1. The van der Waals surface area contributed by atoms with E-state index < -0.39 is 29.2 Å². The zero-order valence-electron chi connectivity index (χ0n) is 15.8. The van der Waals surface area contributed by atoms with E-state index in [1.165, 1.54) is 45.6 Å². The van der Waals surface area contributed by atoms with E-state index in [0.717, 1.165) is 11.3 Å². The van der Waals surface area contributed by atoms with Crippen molar-refractivity contribution in [1.29, 1.82) is 0 Å². The summed E-state index contributed by atoms with van der Waals surface area (Å²) in [6, 6.07) is -0.967. The lowest BCUT2D eigenvalue weighted by Gasteiger charge is -2.49. The van der Waals surface area contributed by atoms with Gasteiger partial charge in [0.05, 0.1) is 11.3 Å². The van der Waals surface area contributed by atoms with Crippen LogP contribution in [0.4, 0.5) is 5.13 Å². The molecule has 17 heteroatoms. The van der Waals surface area contributed by atoms with Crippen molar-refractivity contribution in [1.82, 2.24) is 30.6 Å². The van der Waals surface area contributed by atoms with Crippen LogP contribution in [0.5, 0.6) is 0 Å². The largest absolute Gasteiger partial charge is 0.477 e. The first-order chi connectivity index (χ1) is 15.4. The standard InChI is InChI=1S/C15H14N8O5S4/c16-15-18-5(2-30-15)8(21-28)11(24)19-9-12(25)23-10(14(26)27)6(3-29-13(9)23)31-4-32-7-1-17-22-20-7/h1-2,9,13,28H,3-4H2,(H2,16,18)(H,19,24)(H,26,27)(H,17,20,22)/b21-8-/t9-,13-/m1/s1. The van der Waals surface area contributed by atoms with Crippen molar-refractivity contribution in [2.75, 3.05) is 16.6 Å². The van der Waals surface area contributed by atoms with Crippen molar-refractivity contribution in [3.05, 3.63) is 27.9 Å². The number of nitrogen functional groups attached to an aromatic ring is 1. The van der Waals surface area contributed by atoms with Crippen LogP contribution >= 0.6 is 46.6 Å². The van der Waals surface area contributed by atoms with Gasteiger partial charge in [-0.05, 0) is 0 Å².